The third-order valence-corrected chi connectivity index (χ3v) is 4.64. The fourth-order valence-electron chi connectivity index (χ4n) is 2.04. The van der Waals surface area contributed by atoms with Crippen molar-refractivity contribution in [2.75, 3.05) is 11.1 Å². The van der Waals surface area contributed by atoms with E-state index in [0.29, 0.717) is 5.69 Å². The highest BCUT2D eigenvalue weighted by Gasteiger charge is 2.10. The van der Waals surface area contributed by atoms with Gasteiger partial charge in [-0.2, -0.15) is 0 Å². The number of nitrogens with one attached hydrogen (secondary N) is 1. The largest absolute Gasteiger partial charge is 0.397 e. The van der Waals surface area contributed by atoms with Crippen LogP contribution in [0.25, 0.3) is 10.9 Å². The second kappa shape index (κ2) is 5.61. The molecule has 106 valence electrons. The van der Waals surface area contributed by atoms with Gasteiger partial charge in [-0.3, -0.25) is 4.98 Å². The molecule has 3 N–H and O–H groups in total. The Bertz CT molecular complexity index is 833. The summed E-state index contributed by atoms with van der Waals surface area (Å²) in [6.07, 6.45) is 3.43. The fraction of sp³-hybridized carbons (Fsp3) is 0.0667. The standard InChI is InChI=1S/C15H12Br2N4/c1-8-11(18)7-20-15(13(8)17)21-12-4-2-3-9-5-10(16)6-19-14(9)12/h2-7H,18H2,1H3,(H,20,21). The average Bonchev–Trinajstić information content (AvgIpc) is 2.48. The number of anilines is 3. The van der Waals surface area contributed by atoms with Gasteiger partial charge in [-0.15, -0.1) is 0 Å². The SMILES string of the molecule is Cc1c(N)cnc(Nc2cccc3cc(Br)cnc23)c1Br. The Labute approximate surface area is 139 Å². The van der Waals surface area contributed by atoms with Crippen molar-refractivity contribution in [3.8, 4) is 0 Å². The summed E-state index contributed by atoms with van der Waals surface area (Å²) in [4.78, 5) is 8.81. The van der Waals surface area contributed by atoms with Crippen LogP contribution in [0.3, 0.4) is 0 Å². The minimum atomic E-state index is 0.660. The van der Waals surface area contributed by atoms with E-state index in [2.05, 4.69) is 47.1 Å². The van der Waals surface area contributed by atoms with Crippen molar-refractivity contribution in [2.45, 2.75) is 6.92 Å². The molecule has 0 saturated heterocycles. The maximum Gasteiger partial charge on any atom is 0.145 e. The lowest BCUT2D eigenvalue weighted by Gasteiger charge is -2.12. The van der Waals surface area contributed by atoms with Crippen LogP contribution < -0.4 is 11.1 Å². The molecular formula is C15H12Br2N4. The number of fused-ring (bicyclic) bond motifs is 1. The lowest BCUT2D eigenvalue weighted by molar-refractivity contribution is 1.25. The Balaban J connectivity index is 2.08. The molecule has 1 aromatic carbocycles. The number of nitrogen functional groups attached to an aromatic ring is 1. The van der Waals surface area contributed by atoms with Crippen molar-refractivity contribution in [3.63, 3.8) is 0 Å². The normalized spacial score (nSPS) is 10.8. The van der Waals surface area contributed by atoms with Crippen molar-refractivity contribution < 1.29 is 0 Å². The molecule has 21 heavy (non-hydrogen) atoms. The molecular weight excluding hydrogens is 396 g/mol. The zero-order valence-electron chi connectivity index (χ0n) is 11.2. The number of halogens is 2. The predicted octanol–water partition coefficient (Wildman–Crippen LogP) is 4.79. The Morgan fingerprint density at radius 3 is 2.76 bits per heavy atom. The Hall–Kier alpha value is -1.66. The zero-order valence-corrected chi connectivity index (χ0v) is 14.4. The summed E-state index contributed by atoms with van der Waals surface area (Å²) < 4.78 is 1.81. The second-order valence-electron chi connectivity index (χ2n) is 4.66. The number of para-hydroxylation sites is 1. The first-order valence-electron chi connectivity index (χ1n) is 6.28. The third-order valence-electron chi connectivity index (χ3n) is 3.23. The first-order valence-corrected chi connectivity index (χ1v) is 7.86. The first kappa shape index (κ1) is 14.3. The van der Waals surface area contributed by atoms with Gasteiger partial charge in [-0.1, -0.05) is 12.1 Å². The molecule has 0 atom stereocenters. The molecule has 0 aliphatic rings. The third kappa shape index (κ3) is 2.73. The summed E-state index contributed by atoms with van der Waals surface area (Å²) >= 11 is 6.97. The van der Waals surface area contributed by atoms with Crippen molar-refractivity contribution in [3.05, 3.63) is 51.2 Å². The van der Waals surface area contributed by atoms with Gasteiger partial charge in [0.1, 0.15) is 5.82 Å². The number of pyridine rings is 2. The molecule has 2 aromatic heterocycles. The van der Waals surface area contributed by atoms with Crippen LogP contribution in [0.4, 0.5) is 17.2 Å². The number of benzene rings is 1. The molecule has 0 amide bonds. The lowest BCUT2D eigenvalue weighted by atomic mass is 10.2. The van der Waals surface area contributed by atoms with Gasteiger partial charge in [0.05, 0.1) is 27.6 Å². The number of rotatable bonds is 2. The van der Waals surface area contributed by atoms with Crippen molar-refractivity contribution >= 4 is 60.0 Å². The van der Waals surface area contributed by atoms with Gasteiger partial charge in [0, 0.05) is 16.1 Å². The average molecular weight is 408 g/mol. The minimum Gasteiger partial charge on any atom is -0.397 e. The minimum absolute atomic E-state index is 0.660. The topological polar surface area (TPSA) is 63.8 Å². The Morgan fingerprint density at radius 1 is 1.14 bits per heavy atom. The molecule has 0 aliphatic heterocycles. The second-order valence-corrected chi connectivity index (χ2v) is 6.37. The van der Waals surface area contributed by atoms with Crippen LogP contribution in [0.2, 0.25) is 0 Å². The summed E-state index contributed by atoms with van der Waals surface area (Å²) in [5.74, 6) is 0.721. The smallest absolute Gasteiger partial charge is 0.145 e. The van der Waals surface area contributed by atoms with Gasteiger partial charge >= 0.3 is 0 Å². The van der Waals surface area contributed by atoms with Crippen LogP contribution in [0, 0.1) is 6.92 Å². The molecule has 0 spiro atoms. The number of aromatic nitrogens is 2. The molecule has 0 radical (unpaired) electrons. The van der Waals surface area contributed by atoms with E-state index in [0.717, 1.165) is 36.9 Å². The maximum absolute atomic E-state index is 5.85. The predicted molar refractivity (Wildman–Crippen MR) is 93.8 cm³/mol. The van der Waals surface area contributed by atoms with E-state index in [4.69, 9.17) is 5.73 Å². The fourth-order valence-corrected chi connectivity index (χ4v) is 2.82. The summed E-state index contributed by atoms with van der Waals surface area (Å²) in [5.41, 5.74) is 9.27. The molecule has 3 rings (SSSR count). The summed E-state index contributed by atoms with van der Waals surface area (Å²) in [5, 5.41) is 4.36. The van der Waals surface area contributed by atoms with E-state index in [-0.39, 0.29) is 0 Å². The van der Waals surface area contributed by atoms with Gasteiger partial charge in [-0.05, 0) is 56.5 Å². The van der Waals surface area contributed by atoms with E-state index < -0.39 is 0 Å². The zero-order chi connectivity index (χ0) is 15.0. The number of nitrogens with two attached hydrogens (primary N) is 1. The summed E-state index contributed by atoms with van der Waals surface area (Å²) in [7, 11) is 0. The molecule has 2 heterocycles. The van der Waals surface area contributed by atoms with Gasteiger partial charge < -0.3 is 11.1 Å². The van der Waals surface area contributed by atoms with Crippen molar-refractivity contribution in [1.82, 2.24) is 9.97 Å². The number of hydrogen-bond donors (Lipinski definition) is 2. The van der Waals surface area contributed by atoms with Gasteiger partial charge in [-0.25, -0.2) is 4.98 Å². The van der Waals surface area contributed by atoms with E-state index in [1.807, 2.05) is 31.2 Å². The highest BCUT2D eigenvalue weighted by molar-refractivity contribution is 9.11. The molecule has 6 heteroatoms. The van der Waals surface area contributed by atoms with E-state index in [1.54, 1.807) is 12.4 Å². The van der Waals surface area contributed by atoms with Crippen LogP contribution in [-0.2, 0) is 0 Å². The first-order chi connectivity index (χ1) is 10.1. The van der Waals surface area contributed by atoms with Crippen LogP contribution in [-0.4, -0.2) is 9.97 Å². The van der Waals surface area contributed by atoms with E-state index in [9.17, 15) is 0 Å². The van der Waals surface area contributed by atoms with Crippen LogP contribution in [0.1, 0.15) is 5.56 Å². The van der Waals surface area contributed by atoms with Crippen molar-refractivity contribution in [1.29, 1.82) is 0 Å². The van der Waals surface area contributed by atoms with E-state index in [1.165, 1.54) is 0 Å². The molecule has 0 bridgehead atoms. The van der Waals surface area contributed by atoms with E-state index >= 15 is 0 Å². The summed E-state index contributed by atoms with van der Waals surface area (Å²) in [6, 6.07) is 8.01. The Kier molecular flexibility index (Phi) is 3.82. The van der Waals surface area contributed by atoms with Crippen molar-refractivity contribution in [2.24, 2.45) is 0 Å². The highest BCUT2D eigenvalue weighted by atomic mass is 79.9. The quantitative estimate of drug-likeness (QED) is 0.640. The lowest BCUT2D eigenvalue weighted by Crippen LogP contribution is -2.00. The molecule has 0 unspecified atom stereocenters. The van der Waals surface area contributed by atoms with Crippen LogP contribution in [0.5, 0.6) is 0 Å². The monoisotopic (exact) mass is 406 g/mol. The van der Waals surface area contributed by atoms with Gasteiger partial charge in [0.25, 0.3) is 0 Å². The highest BCUT2D eigenvalue weighted by Crippen LogP contribution is 2.32. The van der Waals surface area contributed by atoms with Crippen LogP contribution in [0.15, 0.2) is 45.6 Å². The van der Waals surface area contributed by atoms with Gasteiger partial charge in [0.15, 0.2) is 0 Å². The molecule has 4 nitrogen and oxygen atoms in total. The Morgan fingerprint density at radius 2 is 1.95 bits per heavy atom. The maximum atomic E-state index is 5.85. The van der Waals surface area contributed by atoms with Gasteiger partial charge in [0.2, 0.25) is 0 Å². The summed E-state index contributed by atoms with van der Waals surface area (Å²) in [6.45, 7) is 1.95. The van der Waals surface area contributed by atoms with Crippen LogP contribution >= 0.6 is 31.9 Å². The molecule has 0 saturated carbocycles. The molecule has 3 aromatic rings. The molecule has 0 fully saturated rings. The number of hydrogen-bond acceptors (Lipinski definition) is 4. The number of nitrogens with zero attached hydrogens (tertiary/aromatic N) is 2. The molecule has 0 aliphatic carbocycles.